The van der Waals surface area contributed by atoms with Crippen LogP contribution in [0, 0.1) is 0 Å². The summed E-state index contributed by atoms with van der Waals surface area (Å²) in [5.74, 6) is 0. The van der Waals surface area contributed by atoms with E-state index >= 15 is 0 Å². The van der Waals surface area contributed by atoms with Crippen LogP contribution in [0.5, 0.6) is 0 Å². The first-order valence-electron chi connectivity index (χ1n) is 0.894. The van der Waals surface area contributed by atoms with Gasteiger partial charge in [-0.2, -0.15) is 0 Å². The molecule has 0 bridgehead atoms. The van der Waals surface area contributed by atoms with E-state index < -0.39 is 9.05 Å². The molecule has 4 N–H and O–H groups in total. The van der Waals surface area contributed by atoms with Gasteiger partial charge in [0, 0.05) is 21.1 Å². The molecule has 0 saturated heterocycles. The largest absolute Gasteiger partial charge is 0 e. The van der Waals surface area contributed by atoms with Gasteiger partial charge in [-0.3, -0.25) is 0 Å². The van der Waals surface area contributed by atoms with E-state index in [0.29, 0.717) is 0 Å². The van der Waals surface area contributed by atoms with Crippen LogP contribution in [0.25, 0.3) is 0 Å². The molecule has 0 unspecified atom stereocenters. The first-order valence-corrected chi connectivity index (χ1v) is 2.68. The van der Waals surface area contributed by atoms with Crippen molar-refractivity contribution in [3.8, 4) is 0 Å². The Morgan fingerprint density at radius 2 is 0.857 bits per heavy atom. The molecule has 0 aliphatic heterocycles. The van der Waals surface area contributed by atoms with Crippen LogP contribution in [0.3, 0.4) is 0 Å². The van der Waals surface area contributed by atoms with Gasteiger partial charge in [0.2, 0.25) is 0 Å². The predicted molar refractivity (Wildman–Crippen MR) is 24.6 cm³/mol. The number of hydrogen-bond acceptors (Lipinski definition) is 4. The fourth-order valence-electron chi connectivity index (χ4n) is 0. The summed E-state index contributed by atoms with van der Waals surface area (Å²) >= 11 is 0. The molecule has 0 spiro atoms. The summed E-state index contributed by atoms with van der Waals surface area (Å²) < 4.78 is 0. The van der Waals surface area contributed by atoms with Gasteiger partial charge in [0.15, 0.2) is 0 Å². The SMILES string of the molecule is O[Si](O)(O)O.[BiH3].[W]. The molecule has 0 aliphatic rings. The van der Waals surface area contributed by atoms with Gasteiger partial charge in [-0.1, -0.05) is 0 Å². The maximum absolute atomic E-state index is 7.33. The van der Waals surface area contributed by atoms with E-state index in [4.69, 9.17) is 19.2 Å². The smallest absolute Gasteiger partial charge is 0 e. The molecule has 0 atom stereocenters. The Morgan fingerprint density at radius 3 is 0.857 bits per heavy atom. The van der Waals surface area contributed by atoms with Crippen molar-refractivity contribution < 1.29 is 40.2 Å². The minimum absolute atomic E-state index is 0. The Morgan fingerprint density at radius 1 is 0.857 bits per heavy atom. The maximum atomic E-state index is 7.33. The van der Waals surface area contributed by atoms with Crippen molar-refractivity contribution in [3.05, 3.63) is 0 Å². The van der Waals surface area contributed by atoms with E-state index in [0.717, 1.165) is 0 Å². The minimum atomic E-state index is -4.61. The summed E-state index contributed by atoms with van der Waals surface area (Å²) in [4.78, 5) is 29.3. The Balaban J connectivity index is -0.0000000800. The molecule has 0 rings (SSSR count). The standard InChI is InChI=1S/Bi.H4O4Si.W.3H/c;1-5(2,3)4;;;;/h;1-4H;;;;. The summed E-state index contributed by atoms with van der Waals surface area (Å²) in [5.41, 5.74) is 0. The molecule has 0 radical (unpaired) electrons. The fourth-order valence-corrected chi connectivity index (χ4v) is 0. The van der Waals surface area contributed by atoms with Crippen molar-refractivity contribution in [1.29, 1.82) is 0 Å². The van der Waals surface area contributed by atoms with Crippen LogP contribution in [0.4, 0.5) is 0 Å². The first-order chi connectivity index (χ1) is 2.00. The molecule has 7 heteroatoms. The fraction of sp³-hybridized carbons (Fsp3) is 0. The summed E-state index contributed by atoms with van der Waals surface area (Å²) in [6, 6.07) is 0. The molecule has 4 nitrogen and oxygen atoms in total. The molecule has 0 aromatic carbocycles. The van der Waals surface area contributed by atoms with Crippen molar-refractivity contribution >= 4 is 35.3 Å². The molecule has 0 heterocycles. The van der Waals surface area contributed by atoms with Crippen molar-refractivity contribution in [2.45, 2.75) is 0 Å². The average Bonchev–Trinajstić information content (AvgIpc) is 0.722. The summed E-state index contributed by atoms with van der Waals surface area (Å²) in [6.45, 7) is 0. The Bertz CT molecular complexity index is 27.2. The van der Waals surface area contributed by atoms with Crippen LogP contribution < -0.4 is 0 Å². The molecule has 0 aliphatic carbocycles. The van der Waals surface area contributed by atoms with Gasteiger partial charge in [-0.25, -0.2) is 0 Å². The van der Waals surface area contributed by atoms with Crippen LogP contribution in [0.2, 0.25) is 0 Å². The van der Waals surface area contributed by atoms with E-state index in [-0.39, 0.29) is 47.3 Å². The van der Waals surface area contributed by atoms with E-state index in [1.807, 2.05) is 0 Å². The van der Waals surface area contributed by atoms with Crippen LogP contribution >= 0.6 is 0 Å². The van der Waals surface area contributed by atoms with Crippen molar-refractivity contribution in [2.75, 3.05) is 0 Å². The molecular weight excluding hydrogens is 485 g/mol. The van der Waals surface area contributed by atoms with Gasteiger partial charge in [0.1, 0.15) is 0 Å². The minimum Gasteiger partial charge on any atom is 0 e. The molecule has 0 saturated carbocycles. The Labute approximate surface area is 75.1 Å². The van der Waals surface area contributed by atoms with Crippen molar-refractivity contribution in [2.24, 2.45) is 0 Å². The van der Waals surface area contributed by atoms with Gasteiger partial charge in [-0.15, -0.1) is 0 Å². The number of rotatable bonds is 0. The summed E-state index contributed by atoms with van der Waals surface area (Å²) in [6.07, 6.45) is 0. The monoisotopic (exact) mass is 492 g/mol. The molecular formula is H7BiO4SiW. The molecule has 46 valence electrons. The normalized spacial score (nSPS) is 8.57. The third-order valence-corrected chi connectivity index (χ3v) is 0. The Hall–Kier alpha value is 1.63. The number of hydrogen-bond donors (Lipinski definition) is 4. The summed E-state index contributed by atoms with van der Waals surface area (Å²) in [5, 5.41) is 0. The Kier molecular flexibility index (Phi) is 13.0. The molecule has 0 aromatic rings. The van der Waals surface area contributed by atoms with Gasteiger partial charge in [0.25, 0.3) is 0 Å². The molecule has 0 amide bonds. The van der Waals surface area contributed by atoms with Crippen LogP contribution in [-0.2, 0) is 21.1 Å². The quantitative estimate of drug-likeness (QED) is 0.262. The van der Waals surface area contributed by atoms with Gasteiger partial charge >= 0.3 is 35.3 Å². The van der Waals surface area contributed by atoms with Gasteiger partial charge in [0.05, 0.1) is 0 Å². The predicted octanol–water partition coefficient (Wildman–Crippen LogP) is -3.80. The second-order valence-electron chi connectivity index (χ2n) is 0.600. The van der Waals surface area contributed by atoms with Crippen molar-refractivity contribution in [1.82, 2.24) is 0 Å². The zero-order valence-electron chi connectivity index (χ0n) is 3.40. The second-order valence-corrected chi connectivity index (χ2v) is 1.80. The van der Waals surface area contributed by atoms with E-state index in [1.165, 1.54) is 0 Å². The third kappa shape index (κ3) is 91.1. The molecule has 0 aromatic heterocycles. The van der Waals surface area contributed by atoms with Crippen molar-refractivity contribution in [3.63, 3.8) is 0 Å². The third-order valence-electron chi connectivity index (χ3n) is 0. The topological polar surface area (TPSA) is 80.9 Å². The molecule has 0 fully saturated rings. The molecule has 7 heavy (non-hydrogen) atoms. The van der Waals surface area contributed by atoms with E-state index in [9.17, 15) is 0 Å². The average molecular weight is 492 g/mol. The van der Waals surface area contributed by atoms with E-state index in [2.05, 4.69) is 0 Å². The zero-order valence-corrected chi connectivity index (χ0v) is 12.8. The van der Waals surface area contributed by atoms with Crippen LogP contribution in [-0.4, -0.2) is 54.4 Å². The van der Waals surface area contributed by atoms with Crippen LogP contribution in [0.1, 0.15) is 0 Å². The zero-order chi connectivity index (χ0) is 4.50. The van der Waals surface area contributed by atoms with E-state index in [1.54, 1.807) is 0 Å². The van der Waals surface area contributed by atoms with Crippen LogP contribution in [0.15, 0.2) is 0 Å². The van der Waals surface area contributed by atoms with Gasteiger partial charge in [-0.05, 0) is 0 Å². The maximum Gasteiger partial charge on any atom is 0 e. The second kappa shape index (κ2) is 5.76. The summed E-state index contributed by atoms with van der Waals surface area (Å²) in [7, 11) is -4.61. The van der Waals surface area contributed by atoms with Gasteiger partial charge < -0.3 is 19.2 Å². The first kappa shape index (κ1) is 15.8.